The number of alkyl carbamates (subject to hydrolysis) is 1. The summed E-state index contributed by atoms with van der Waals surface area (Å²) in [6.07, 6.45) is 4.20. The molecule has 67 valence electrons. The van der Waals surface area contributed by atoms with Gasteiger partial charge in [0, 0.05) is 0 Å². The highest BCUT2D eigenvalue weighted by Gasteiger charge is 2.42. The summed E-state index contributed by atoms with van der Waals surface area (Å²) < 4.78 is 4.93. The fraction of sp³-hybridized carbons (Fsp3) is 0.778. The minimum atomic E-state index is -0.246. The van der Waals surface area contributed by atoms with Gasteiger partial charge in [-0.3, -0.25) is 0 Å². The van der Waals surface area contributed by atoms with Crippen molar-refractivity contribution >= 4 is 6.09 Å². The molecule has 1 heterocycles. The van der Waals surface area contributed by atoms with Crippen LogP contribution in [0.2, 0.25) is 0 Å². The number of carbonyl (C=O) groups is 1. The molecular weight excluding hydrogens is 154 g/mol. The van der Waals surface area contributed by atoms with E-state index < -0.39 is 0 Å². The first-order valence-corrected chi connectivity index (χ1v) is 4.46. The van der Waals surface area contributed by atoms with Crippen LogP contribution in [0, 0.1) is 5.92 Å². The van der Waals surface area contributed by atoms with Crippen LogP contribution in [0.25, 0.3) is 0 Å². The third kappa shape index (κ3) is 1.28. The topological polar surface area (TPSA) is 38.3 Å². The van der Waals surface area contributed by atoms with Crippen molar-refractivity contribution < 1.29 is 9.53 Å². The van der Waals surface area contributed by atoms with Crippen molar-refractivity contribution in [3.05, 3.63) is 5.92 Å². The molecule has 1 aliphatic carbocycles. The fourth-order valence-corrected chi connectivity index (χ4v) is 2.21. The summed E-state index contributed by atoms with van der Waals surface area (Å²) >= 11 is 0. The van der Waals surface area contributed by atoms with Crippen molar-refractivity contribution in [1.29, 1.82) is 0 Å². The zero-order valence-corrected chi connectivity index (χ0v) is 7.35. The van der Waals surface area contributed by atoms with Gasteiger partial charge in [0.25, 0.3) is 0 Å². The molecule has 1 saturated carbocycles. The number of carbonyl (C=O) groups excluding carboxylic acids is 1. The van der Waals surface area contributed by atoms with E-state index in [0.717, 1.165) is 12.8 Å². The van der Waals surface area contributed by atoms with Crippen molar-refractivity contribution in [3.63, 3.8) is 0 Å². The molecule has 2 aliphatic rings. The van der Waals surface area contributed by atoms with Crippen molar-refractivity contribution in [3.8, 4) is 0 Å². The maximum atomic E-state index is 10.9. The fourth-order valence-electron chi connectivity index (χ4n) is 2.21. The third-order valence-corrected chi connectivity index (χ3v) is 2.75. The van der Waals surface area contributed by atoms with Gasteiger partial charge in [0.05, 0.1) is 5.54 Å². The van der Waals surface area contributed by atoms with Gasteiger partial charge >= 0.3 is 6.09 Å². The second-order valence-electron chi connectivity index (χ2n) is 3.97. The highest BCUT2D eigenvalue weighted by Crippen LogP contribution is 2.35. The molecule has 0 aromatic carbocycles. The van der Waals surface area contributed by atoms with E-state index in [-0.39, 0.29) is 11.6 Å². The SMILES string of the molecule is C[C]1CCCC2(COC(=O)N2)C1. The van der Waals surface area contributed by atoms with Crippen LogP contribution in [0.1, 0.15) is 32.6 Å². The second kappa shape index (κ2) is 2.64. The molecule has 3 nitrogen and oxygen atoms in total. The molecule has 1 radical (unpaired) electrons. The molecule has 1 N–H and O–H groups in total. The van der Waals surface area contributed by atoms with Crippen molar-refractivity contribution in [2.75, 3.05) is 6.61 Å². The van der Waals surface area contributed by atoms with Gasteiger partial charge in [0.2, 0.25) is 0 Å². The maximum absolute atomic E-state index is 10.9. The summed E-state index contributed by atoms with van der Waals surface area (Å²) in [6.45, 7) is 2.72. The quantitative estimate of drug-likeness (QED) is 0.597. The molecule has 2 rings (SSSR count). The molecule has 1 spiro atoms. The van der Waals surface area contributed by atoms with Crippen LogP contribution in [0.3, 0.4) is 0 Å². The first kappa shape index (κ1) is 7.90. The average molecular weight is 168 g/mol. The Morgan fingerprint density at radius 1 is 1.58 bits per heavy atom. The number of hydrogen-bond acceptors (Lipinski definition) is 2. The number of rotatable bonds is 0. The molecule has 0 aromatic rings. The molecule has 1 atom stereocenters. The van der Waals surface area contributed by atoms with Crippen LogP contribution >= 0.6 is 0 Å². The standard InChI is InChI=1S/C9H14NO2/c1-7-3-2-4-9(5-7)6-12-8(11)10-9/h2-6H2,1H3,(H,10,11). The van der Waals surface area contributed by atoms with Crippen LogP contribution in [0.4, 0.5) is 4.79 Å². The molecule has 3 heteroatoms. The lowest BCUT2D eigenvalue weighted by atomic mass is 9.77. The van der Waals surface area contributed by atoms with Gasteiger partial charge in [-0.05, 0) is 25.2 Å². The van der Waals surface area contributed by atoms with Gasteiger partial charge in [-0.2, -0.15) is 0 Å². The molecule has 1 aliphatic heterocycles. The highest BCUT2D eigenvalue weighted by atomic mass is 16.6. The smallest absolute Gasteiger partial charge is 0.407 e. The number of ether oxygens (including phenoxy) is 1. The molecule has 12 heavy (non-hydrogen) atoms. The normalized spacial score (nSPS) is 36.6. The van der Waals surface area contributed by atoms with Crippen LogP contribution in [0.5, 0.6) is 0 Å². The third-order valence-electron chi connectivity index (χ3n) is 2.75. The van der Waals surface area contributed by atoms with Gasteiger partial charge in [-0.1, -0.05) is 13.3 Å². The molecule has 0 bridgehead atoms. The second-order valence-corrected chi connectivity index (χ2v) is 3.97. The largest absolute Gasteiger partial charge is 0.447 e. The van der Waals surface area contributed by atoms with Crippen LogP contribution in [-0.4, -0.2) is 18.2 Å². The van der Waals surface area contributed by atoms with Gasteiger partial charge in [-0.15, -0.1) is 0 Å². The highest BCUT2D eigenvalue weighted by molar-refractivity contribution is 5.70. The molecule has 0 aromatic heterocycles. The Hall–Kier alpha value is -0.730. The van der Waals surface area contributed by atoms with E-state index in [1.54, 1.807) is 0 Å². The molecular formula is C9H14NO2. The Morgan fingerprint density at radius 2 is 2.42 bits per heavy atom. The zero-order valence-electron chi connectivity index (χ0n) is 7.35. The summed E-state index contributed by atoms with van der Waals surface area (Å²) in [5, 5.41) is 2.92. The summed E-state index contributed by atoms with van der Waals surface area (Å²) in [4.78, 5) is 10.9. The zero-order chi connectivity index (χ0) is 8.60. The van der Waals surface area contributed by atoms with Crippen molar-refractivity contribution in [2.45, 2.75) is 38.1 Å². The minimum absolute atomic E-state index is 0.0422. The van der Waals surface area contributed by atoms with Crippen molar-refractivity contribution in [2.24, 2.45) is 0 Å². The lowest BCUT2D eigenvalue weighted by Gasteiger charge is -2.33. The monoisotopic (exact) mass is 168 g/mol. The number of nitrogens with one attached hydrogen (secondary N) is 1. The number of hydrogen-bond donors (Lipinski definition) is 1. The first-order chi connectivity index (χ1) is 5.70. The Balaban J connectivity index is 2.05. The van der Waals surface area contributed by atoms with E-state index >= 15 is 0 Å². The predicted octanol–water partition coefficient (Wildman–Crippen LogP) is 1.63. The summed E-state index contributed by atoms with van der Waals surface area (Å²) in [5.41, 5.74) is -0.0422. The number of amides is 1. The van der Waals surface area contributed by atoms with E-state index in [9.17, 15) is 4.79 Å². The summed E-state index contributed by atoms with van der Waals surface area (Å²) in [5.74, 6) is 1.48. The van der Waals surface area contributed by atoms with Crippen LogP contribution < -0.4 is 5.32 Å². The van der Waals surface area contributed by atoms with E-state index in [1.165, 1.54) is 18.8 Å². The van der Waals surface area contributed by atoms with E-state index in [2.05, 4.69) is 12.2 Å². The minimum Gasteiger partial charge on any atom is -0.447 e. The Labute approximate surface area is 72.5 Å². The lowest BCUT2D eigenvalue weighted by Crippen LogP contribution is -2.46. The van der Waals surface area contributed by atoms with E-state index in [1.807, 2.05) is 0 Å². The lowest BCUT2D eigenvalue weighted by molar-refractivity contribution is 0.167. The Kier molecular flexibility index (Phi) is 1.74. The molecule has 1 amide bonds. The first-order valence-electron chi connectivity index (χ1n) is 4.46. The van der Waals surface area contributed by atoms with E-state index in [4.69, 9.17) is 4.74 Å². The van der Waals surface area contributed by atoms with Crippen LogP contribution in [0.15, 0.2) is 0 Å². The van der Waals surface area contributed by atoms with Gasteiger partial charge < -0.3 is 10.1 Å². The Bertz CT molecular complexity index is 205. The van der Waals surface area contributed by atoms with Crippen LogP contribution in [-0.2, 0) is 4.74 Å². The summed E-state index contributed by atoms with van der Waals surface area (Å²) in [7, 11) is 0. The van der Waals surface area contributed by atoms with Gasteiger partial charge in [0.1, 0.15) is 6.61 Å². The summed E-state index contributed by atoms with van der Waals surface area (Å²) in [6, 6.07) is 0. The molecule has 2 fully saturated rings. The molecule has 1 unspecified atom stereocenters. The average Bonchev–Trinajstić information content (AvgIpc) is 2.32. The number of cyclic esters (lactones) is 1. The Morgan fingerprint density at radius 3 is 3.00 bits per heavy atom. The predicted molar refractivity (Wildman–Crippen MR) is 44.6 cm³/mol. The van der Waals surface area contributed by atoms with Gasteiger partial charge in [0.15, 0.2) is 0 Å². The van der Waals surface area contributed by atoms with Gasteiger partial charge in [-0.25, -0.2) is 4.79 Å². The van der Waals surface area contributed by atoms with E-state index in [0.29, 0.717) is 6.61 Å². The maximum Gasteiger partial charge on any atom is 0.407 e. The van der Waals surface area contributed by atoms with Crippen molar-refractivity contribution in [1.82, 2.24) is 5.32 Å². The molecule has 1 saturated heterocycles.